The van der Waals surface area contributed by atoms with Gasteiger partial charge >= 0.3 is 17.9 Å². The summed E-state index contributed by atoms with van der Waals surface area (Å²) >= 11 is 0. The smallest absolute Gasteiger partial charge is 0.335 e. The number of aromatic nitrogens is 4. The van der Waals surface area contributed by atoms with E-state index < -0.39 is 17.9 Å². The number of rotatable bonds is 11. The number of carboxylic acids is 3. The van der Waals surface area contributed by atoms with Gasteiger partial charge in [0.2, 0.25) is 17.7 Å². The molecule has 1 saturated heterocycles. The predicted molar refractivity (Wildman–Crippen MR) is 246 cm³/mol. The van der Waals surface area contributed by atoms with Crippen molar-refractivity contribution in [2.75, 3.05) is 59.6 Å². The van der Waals surface area contributed by atoms with Crippen LogP contribution in [0.2, 0.25) is 0 Å². The third-order valence-electron chi connectivity index (χ3n) is 10.5. The van der Waals surface area contributed by atoms with Crippen molar-refractivity contribution in [1.29, 1.82) is 0 Å². The standard InChI is InChI=1S/C17H15N3O4.2C16H13NO5/c21-17(22)11-1-3-13-14(9-11)24-16(19-13)12-2-4-15(18-10-12)20-5-7-23-8-6-20;1-20-13-6-3-9(8-14(13)21-2)15-17-11-7-10(16(18)19)4-5-12(11)22-15;1-20-12-6-4-9(7-14(12)21-2)15-17-11-5-3-10(16(18)19)8-13(11)22-15/h1-4,9-10H,5-8H2,(H,21,22);2*3-8H,1-2H3,(H,18,19). The SMILES string of the molecule is COc1ccc(-c2nc3cc(C(=O)O)ccc3o2)cc1OC.COc1ccc(-c2nc3ccc(C(=O)O)cc3o2)cc1OC.O=C(O)c1ccc2nc(-c3ccc(N4CCOCC4)nc3)oc2c1. The van der Waals surface area contributed by atoms with Gasteiger partial charge in [-0.3, -0.25) is 0 Å². The van der Waals surface area contributed by atoms with Crippen LogP contribution in [0.1, 0.15) is 31.1 Å². The third-order valence-corrected chi connectivity index (χ3v) is 10.5. The fraction of sp³-hybridized carbons (Fsp3) is 0.163. The quantitative estimate of drug-likeness (QED) is 0.109. The zero-order chi connectivity index (χ0) is 47.9. The molecular weight excluding hydrogens is 883 g/mol. The molecule has 4 aromatic heterocycles. The summed E-state index contributed by atoms with van der Waals surface area (Å²) in [7, 11) is 6.22. The van der Waals surface area contributed by atoms with Gasteiger partial charge in [0.05, 0.1) is 63.9 Å². The van der Waals surface area contributed by atoms with Gasteiger partial charge in [-0.25, -0.2) is 34.3 Å². The number of nitrogens with zero attached hydrogens (tertiary/aromatic N) is 5. The molecule has 1 aliphatic heterocycles. The van der Waals surface area contributed by atoms with Crippen LogP contribution in [0.5, 0.6) is 23.0 Å². The molecule has 1 aliphatic rings. The van der Waals surface area contributed by atoms with Crippen LogP contribution in [-0.4, -0.2) is 108 Å². The highest BCUT2D eigenvalue weighted by atomic mass is 16.5. The zero-order valence-corrected chi connectivity index (χ0v) is 36.8. The van der Waals surface area contributed by atoms with Crippen molar-refractivity contribution in [3.8, 4) is 57.4 Å². The lowest BCUT2D eigenvalue weighted by atomic mass is 10.2. The first-order chi connectivity index (χ1) is 32.9. The van der Waals surface area contributed by atoms with Crippen molar-refractivity contribution in [1.82, 2.24) is 19.9 Å². The zero-order valence-electron chi connectivity index (χ0n) is 36.8. The molecular formula is C49H41N5O14. The Labute approximate surface area is 385 Å². The van der Waals surface area contributed by atoms with Gasteiger partial charge in [0.15, 0.2) is 39.7 Å². The number of morpholine rings is 1. The Hall–Kier alpha value is -8.97. The first kappa shape index (κ1) is 45.6. The summed E-state index contributed by atoms with van der Waals surface area (Å²) in [5.74, 6) is 1.43. The predicted octanol–water partition coefficient (Wildman–Crippen LogP) is 8.85. The minimum absolute atomic E-state index is 0.155. The van der Waals surface area contributed by atoms with Crippen molar-refractivity contribution in [3.05, 3.63) is 126 Å². The van der Waals surface area contributed by atoms with Crippen LogP contribution >= 0.6 is 0 Å². The molecule has 9 aromatic rings. The normalized spacial score (nSPS) is 12.1. The molecule has 10 rings (SSSR count). The summed E-state index contributed by atoms with van der Waals surface area (Å²) in [6.45, 7) is 3.07. The molecule has 0 amide bonds. The number of oxazole rings is 3. The van der Waals surface area contributed by atoms with Crippen LogP contribution in [0.3, 0.4) is 0 Å². The number of ether oxygens (including phenoxy) is 5. The Kier molecular flexibility index (Phi) is 13.4. The number of fused-ring (bicyclic) bond motifs is 3. The maximum Gasteiger partial charge on any atom is 0.335 e. The van der Waals surface area contributed by atoms with Gasteiger partial charge < -0.3 is 57.2 Å². The van der Waals surface area contributed by atoms with Gasteiger partial charge in [-0.2, -0.15) is 0 Å². The van der Waals surface area contributed by atoms with Gasteiger partial charge in [-0.15, -0.1) is 0 Å². The van der Waals surface area contributed by atoms with Crippen LogP contribution in [-0.2, 0) is 4.74 Å². The summed E-state index contributed by atoms with van der Waals surface area (Å²) in [4.78, 5) is 52.7. The van der Waals surface area contributed by atoms with Gasteiger partial charge in [0, 0.05) is 30.4 Å². The Balaban J connectivity index is 0.000000138. The summed E-state index contributed by atoms with van der Waals surface area (Å²) in [5.41, 5.74) is 5.76. The first-order valence-corrected chi connectivity index (χ1v) is 20.6. The minimum Gasteiger partial charge on any atom is -0.493 e. The van der Waals surface area contributed by atoms with E-state index in [1.807, 2.05) is 12.1 Å². The lowest BCUT2D eigenvalue weighted by molar-refractivity contribution is 0.0686. The highest BCUT2D eigenvalue weighted by molar-refractivity contribution is 5.94. The van der Waals surface area contributed by atoms with Gasteiger partial charge in [0.1, 0.15) is 22.4 Å². The molecule has 0 radical (unpaired) electrons. The number of carboxylic acid groups (broad SMARTS) is 3. The number of hydrogen-bond donors (Lipinski definition) is 3. The number of pyridine rings is 1. The van der Waals surface area contributed by atoms with Crippen molar-refractivity contribution in [2.45, 2.75) is 0 Å². The van der Waals surface area contributed by atoms with Crippen LogP contribution < -0.4 is 23.8 Å². The Morgan fingerprint density at radius 1 is 0.485 bits per heavy atom. The summed E-state index contributed by atoms with van der Waals surface area (Å²) in [6, 6.07) is 28.2. The Morgan fingerprint density at radius 3 is 1.40 bits per heavy atom. The van der Waals surface area contributed by atoms with E-state index in [9.17, 15) is 14.4 Å². The van der Waals surface area contributed by atoms with Crippen LogP contribution in [0.4, 0.5) is 5.82 Å². The van der Waals surface area contributed by atoms with E-state index >= 15 is 0 Å². The monoisotopic (exact) mass is 923 g/mol. The number of hydrogen-bond acceptors (Lipinski definition) is 16. The highest BCUT2D eigenvalue weighted by Gasteiger charge is 2.17. The van der Waals surface area contributed by atoms with E-state index in [-0.39, 0.29) is 16.7 Å². The second-order valence-electron chi connectivity index (χ2n) is 14.7. The fourth-order valence-electron chi connectivity index (χ4n) is 6.98. The number of benzene rings is 5. The van der Waals surface area contributed by atoms with Crippen LogP contribution in [0.25, 0.3) is 67.7 Å². The fourth-order valence-corrected chi connectivity index (χ4v) is 6.98. The Morgan fingerprint density at radius 2 is 0.926 bits per heavy atom. The second-order valence-corrected chi connectivity index (χ2v) is 14.7. The summed E-state index contributed by atoms with van der Waals surface area (Å²) < 4.78 is 43.2. The van der Waals surface area contributed by atoms with Crippen LogP contribution in [0, 0.1) is 0 Å². The topological polar surface area (TPSA) is 252 Å². The lowest BCUT2D eigenvalue weighted by Crippen LogP contribution is -2.36. The summed E-state index contributed by atoms with van der Waals surface area (Å²) in [6.07, 6.45) is 1.72. The van der Waals surface area contributed by atoms with E-state index in [0.717, 1.165) is 24.5 Å². The number of methoxy groups -OCH3 is 4. The second kappa shape index (κ2) is 20.0. The van der Waals surface area contributed by atoms with E-state index in [2.05, 4.69) is 24.8 Å². The average molecular weight is 924 g/mol. The lowest BCUT2D eigenvalue weighted by Gasteiger charge is -2.27. The molecule has 19 heteroatoms. The van der Waals surface area contributed by atoms with E-state index in [4.69, 9.17) is 52.3 Å². The molecule has 0 atom stereocenters. The molecule has 346 valence electrons. The maximum atomic E-state index is 11.0. The number of aromatic carboxylic acids is 3. The number of anilines is 1. The minimum atomic E-state index is -1.01. The van der Waals surface area contributed by atoms with E-state index in [1.54, 1.807) is 89.2 Å². The van der Waals surface area contributed by atoms with Crippen LogP contribution in [0.15, 0.2) is 123 Å². The highest BCUT2D eigenvalue weighted by Crippen LogP contribution is 2.35. The van der Waals surface area contributed by atoms with E-state index in [0.29, 0.717) is 98.3 Å². The molecule has 0 unspecified atom stereocenters. The van der Waals surface area contributed by atoms with Gasteiger partial charge in [0.25, 0.3) is 0 Å². The van der Waals surface area contributed by atoms with Crippen molar-refractivity contribution in [2.24, 2.45) is 0 Å². The molecule has 3 N–H and O–H groups in total. The molecule has 1 fully saturated rings. The number of carbonyl (C=O) groups is 3. The van der Waals surface area contributed by atoms with Crippen molar-refractivity contribution in [3.63, 3.8) is 0 Å². The molecule has 19 nitrogen and oxygen atoms in total. The molecule has 68 heavy (non-hydrogen) atoms. The van der Waals surface area contributed by atoms with Crippen molar-refractivity contribution >= 4 is 57.0 Å². The molecule has 5 heterocycles. The van der Waals surface area contributed by atoms with Gasteiger partial charge in [-0.05, 0) is 103 Å². The molecule has 0 spiro atoms. The maximum absolute atomic E-state index is 11.0. The van der Waals surface area contributed by atoms with Gasteiger partial charge in [-0.1, -0.05) is 0 Å². The molecule has 0 saturated carbocycles. The first-order valence-electron chi connectivity index (χ1n) is 20.6. The summed E-state index contributed by atoms with van der Waals surface area (Å²) in [5, 5.41) is 27.0. The third kappa shape index (κ3) is 9.97. The largest absolute Gasteiger partial charge is 0.493 e. The van der Waals surface area contributed by atoms with E-state index in [1.165, 1.54) is 36.4 Å². The molecule has 0 aliphatic carbocycles. The Bertz CT molecular complexity index is 3140. The van der Waals surface area contributed by atoms with Crippen molar-refractivity contribution < 1.29 is 66.6 Å². The average Bonchev–Trinajstić information content (AvgIpc) is 4.13. The molecule has 5 aromatic carbocycles. The molecule has 0 bridgehead atoms.